The van der Waals surface area contributed by atoms with Gasteiger partial charge in [0.15, 0.2) is 0 Å². The van der Waals surface area contributed by atoms with E-state index in [-0.39, 0.29) is 5.82 Å². The second kappa shape index (κ2) is 4.97. The monoisotopic (exact) mass is 313 g/mol. The summed E-state index contributed by atoms with van der Waals surface area (Å²) in [7, 11) is 1.75. The topological polar surface area (TPSA) is 53.1 Å². The van der Waals surface area contributed by atoms with Crippen LogP contribution in [-0.4, -0.2) is 9.78 Å². The summed E-state index contributed by atoms with van der Waals surface area (Å²) in [5.74, 6) is 0.626. The summed E-state index contributed by atoms with van der Waals surface area (Å²) in [4.78, 5) is 0. The van der Waals surface area contributed by atoms with Crippen LogP contribution in [0.15, 0.2) is 22.7 Å². The third-order valence-corrected chi connectivity index (χ3v) is 3.15. The highest BCUT2D eigenvalue weighted by Crippen LogP contribution is 2.31. The molecule has 6 heteroatoms. The Morgan fingerprint density at radius 1 is 1.50 bits per heavy atom. The highest BCUT2D eigenvalue weighted by Gasteiger charge is 2.14. The number of anilines is 1. The standard InChI is InChI=1S/C12H13BrFN3O/c1-3-10-11(15)12(17(2)16-10)18-7-4-5-9(14)8(13)6-7/h4-6H,3,15H2,1-2H3. The van der Waals surface area contributed by atoms with Gasteiger partial charge in [-0.25, -0.2) is 9.07 Å². The molecule has 0 bridgehead atoms. The van der Waals surface area contributed by atoms with E-state index in [2.05, 4.69) is 21.0 Å². The van der Waals surface area contributed by atoms with Crippen molar-refractivity contribution in [2.45, 2.75) is 13.3 Å². The molecule has 0 saturated heterocycles. The van der Waals surface area contributed by atoms with Crippen LogP contribution in [0.3, 0.4) is 0 Å². The first kappa shape index (κ1) is 12.9. The number of halogens is 2. The predicted molar refractivity (Wildman–Crippen MR) is 71.2 cm³/mol. The van der Waals surface area contributed by atoms with Gasteiger partial charge in [0, 0.05) is 7.05 Å². The summed E-state index contributed by atoms with van der Waals surface area (Å²) >= 11 is 3.11. The van der Waals surface area contributed by atoms with Crippen molar-refractivity contribution in [2.75, 3.05) is 5.73 Å². The fourth-order valence-electron chi connectivity index (χ4n) is 1.61. The molecule has 0 spiro atoms. The molecule has 96 valence electrons. The maximum absolute atomic E-state index is 13.1. The molecule has 0 aliphatic carbocycles. The molecule has 2 aromatic rings. The van der Waals surface area contributed by atoms with Crippen LogP contribution in [0.5, 0.6) is 11.6 Å². The van der Waals surface area contributed by atoms with Crippen LogP contribution in [-0.2, 0) is 13.5 Å². The number of nitrogens with two attached hydrogens (primary N) is 1. The molecule has 1 heterocycles. The van der Waals surface area contributed by atoms with Crippen LogP contribution < -0.4 is 10.5 Å². The van der Waals surface area contributed by atoms with Crippen molar-refractivity contribution in [3.63, 3.8) is 0 Å². The summed E-state index contributed by atoms with van der Waals surface area (Å²) < 4.78 is 20.7. The highest BCUT2D eigenvalue weighted by atomic mass is 79.9. The van der Waals surface area contributed by atoms with E-state index in [1.807, 2.05) is 6.92 Å². The molecular weight excluding hydrogens is 301 g/mol. The van der Waals surface area contributed by atoms with E-state index in [4.69, 9.17) is 10.5 Å². The van der Waals surface area contributed by atoms with Crippen molar-refractivity contribution in [3.05, 3.63) is 34.2 Å². The normalized spacial score (nSPS) is 10.7. The average Bonchev–Trinajstić information content (AvgIpc) is 2.61. The molecule has 4 nitrogen and oxygen atoms in total. The minimum absolute atomic E-state index is 0.338. The smallest absolute Gasteiger partial charge is 0.241 e. The quantitative estimate of drug-likeness (QED) is 0.946. The number of hydrogen-bond acceptors (Lipinski definition) is 3. The van der Waals surface area contributed by atoms with Gasteiger partial charge in [-0.3, -0.25) is 0 Å². The number of benzene rings is 1. The van der Waals surface area contributed by atoms with Crippen molar-refractivity contribution in [3.8, 4) is 11.6 Å². The van der Waals surface area contributed by atoms with Crippen LogP contribution in [0.1, 0.15) is 12.6 Å². The van der Waals surface area contributed by atoms with Gasteiger partial charge < -0.3 is 10.5 Å². The zero-order valence-corrected chi connectivity index (χ0v) is 11.7. The molecule has 0 unspecified atom stereocenters. The third kappa shape index (κ3) is 2.33. The number of aryl methyl sites for hydroxylation is 2. The zero-order valence-electron chi connectivity index (χ0n) is 10.1. The van der Waals surface area contributed by atoms with Gasteiger partial charge in [0.05, 0.1) is 10.2 Å². The van der Waals surface area contributed by atoms with Crippen LogP contribution >= 0.6 is 15.9 Å². The molecule has 0 radical (unpaired) electrons. The molecule has 0 amide bonds. The van der Waals surface area contributed by atoms with Gasteiger partial charge in [0.25, 0.3) is 0 Å². The van der Waals surface area contributed by atoms with E-state index >= 15 is 0 Å². The molecular formula is C12H13BrFN3O. The van der Waals surface area contributed by atoms with E-state index in [0.717, 1.165) is 12.1 Å². The zero-order chi connectivity index (χ0) is 13.3. The van der Waals surface area contributed by atoms with Crippen LogP contribution in [0.2, 0.25) is 0 Å². The van der Waals surface area contributed by atoms with Gasteiger partial charge in [-0.15, -0.1) is 0 Å². The molecule has 2 rings (SSSR count). The number of ether oxygens (including phenoxy) is 1. The van der Waals surface area contributed by atoms with Gasteiger partial charge in [-0.2, -0.15) is 5.10 Å². The fourth-order valence-corrected chi connectivity index (χ4v) is 1.97. The lowest BCUT2D eigenvalue weighted by atomic mass is 10.3. The summed E-state index contributed by atoms with van der Waals surface area (Å²) in [6.45, 7) is 1.97. The lowest BCUT2D eigenvalue weighted by Gasteiger charge is -2.07. The van der Waals surface area contributed by atoms with Crippen LogP contribution in [0, 0.1) is 5.82 Å². The van der Waals surface area contributed by atoms with Crippen molar-refractivity contribution in [1.29, 1.82) is 0 Å². The second-order valence-corrected chi connectivity index (χ2v) is 4.67. The fraction of sp³-hybridized carbons (Fsp3) is 0.250. The second-order valence-electron chi connectivity index (χ2n) is 3.82. The molecule has 1 aromatic heterocycles. The third-order valence-electron chi connectivity index (χ3n) is 2.55. The van der Waals surface area contributed by atoms with Gasteiger partial charge in [0.2, 0.25) is 5.88 Å². The summed E-state index contributed by atoms with van der Waals surface area (Å²) in [5, 5.41) is 4.25. The Hall–Kier alpha value is -1.56. The Balaban J connectivity index is 2.33. The minimum atomic E-state index is -0.338. The maximum atomic E-state index is 13.1. The van der Waals surface area contributed by atoms with E-state index in [9.17, 15) is 4.39 Å². The average molecular weight is 314 g/mol. The summed E-state index contributed by atoms with van der Waals surface area (Å²) in [6, 6.07) is 4.41. The maximum Gasteiger partial charge on any atom is 0.241 e. The number of rotatable bonds is 3. The van der Waals surface area contributed by atoms with Crippen molar-refractivity contribution >= 4 is 21.6 Å². The Labute approximate surface area is 113 Å². The SMILES string of the molecule is CCc1nn(C)c(Oc2ccc(F)c(Br)c2)c1N. The lowest BCUT2D eigenvalue weighted by Crippen LogP contribution is -1.97. The molecule has 0 fully saturated rings. The molecule has 2 N–H and O–H groups in total. The molecule has 0 aliphatic rings. The van der Waals surface area contributed by atoms with Gasteiger partial charge in [-0.05, 0) is 40.5 Å². The highest BCUT2D eigenvalue weighted by molar-refractivity contribution is 9.10. The molecule has 18 heavy (non-hydrogen) atoms. The Kier molecular flexibility index (Phi) is 3.56. The van der Waals surface area contributed by atoms with E-state index < -0.39 is 0 Å². The van der Waals surface area contributed by atoms with Crippen LogP contribution in [0.25, 0.3) is 0 Å². The number of aromatic nitrogens is 2. The Morgan fingerprint density at radius 2 is 2.22 bits per heavy atom. The Bertz CT molecular complexity index is 583. The van der Waals surface area contributed by atoms with Crippen molar-refractivity contribution in [2.24, 2.45) is 7.05 Å². The first-order valence-corrected chi connectivity index (χ1v) is 6.26. The molecule has 1 aromatic carbocycles. The lowest BCUT2D eigenvalue weighted by molar-refractivity contribution is 0.431. The summed E-state index contributed by atoms with van der Waals surface area (Å²) in [5.41, 5.74) is 7.24. The van der Waals surface area contributed by atoms with Crippen molar-refractivity contribution < 1.29 is 9.13 Å². The van der Waals surface area contributed by atoms with E-state index in [0.29, 0.717) is 21.8 Å². The first-order chi connectivity index (χ1) is 8.52. The summed E-state index contributed by atoms with van der Waals surface area (Å²) in [6.07, 6.45) is 0.732. The van der Waals surface area contributed by atoms with Gasteiger partial charge >= 0.3 is 0 Å². The molecule has 0 aliphatic heterocycles. The minimum Gasteiger partial charge on any atom is -0.437 e. The molecule has 0 atom stereocenters. The predicted octanol–water partition coefficient (Wildman–Crippen LogP) is 3.26. The number of nitrogen functional groups attached to an aromatic ring is 1. The van der Waals surface area contributed by atoms with E-state index in [1.165, 1.54) is 12.1 Å². The van der Waals surface area contributed by atoms with Gasteiger partial charge in [0.1, 0.15) is 17.3 Å². The van der Waals surface area contributed by atoms with E-state index in [1.54, 1.807) is 17.8 Å². The molecule has 0 saturated carbocycles. The Morgan fingerprint density at radius 3 is 2.78 bits per heavy atom. The van der Waals surface area contributed by atoms with Crippen molar-refractivity contribution in [1.82, 2.24) is 9.78 Å². The van der Waals surface area contributed by atoms with Crippen LogP contribution in [0.4, 0.5) is 10.1 Å². The van der Waals surface area contributed by atoms with Gasteiger partial charge in [-0.1, -0.05) is 6.92 Å². The number of hydrogen-bond donors (Lipinski definition) is 1. The number of nitrogens with zero attached hydrogens (tertiary/aromatic N) is 2. The first-order valence-electron chi connectivity index (χ1n) is 5.47. The largest absolute Gasteiger partial charge is 0.437 e.